The SMILES string of the molecule is CCn1c(-c2ccc3c(c2)OCCO3)cnc1SCC(=O)NC(=O)Nc1ccccc1. The lowest BCUT2D eigenvalue weighted by atomic mass is 10.1. The van der Waals surface area contributed by atoms with Crippen molar-refractivity contribution in [3.05, 3.63) is 54.7 Å². The van der Waals surface area contributed by atoms with Crippen molar-refractivity contribution in [3.8, 4) is 22.8 Å². The molecule has 2 aromatic carbocycles. The Morgan fingerprint density at radius 2 is 1.87 bits per heavy atom. The van der Waals surface area contributed by atoms with Crippen LogP contribution in [0.5, 0.6) is 11.5 Å². The molecule has 3 amide bonds. The second-order valence-corrected chi connectivity index (χ2v) is 7.63. The average molecular weight is 439 g/mol. The number of carbonyl (C=O) groups excluding carboxylic acids is 2. The van der Waals surface area contributed by atoms with E-state index in [9.17, 15) is 9.59 Å². The number of nitrogens with zero attached hydrogens (tertiary/aromatic N) is 2. The molecule has 0 atom stereocenters. The van der Waals surface area contributed by atoms with Crippen molar-refractivity contribution in [1.82, 2.24) is 14.9 Å². The number of imide groups is 1. The molecule has 9 heteroatoms. The number of hydrogen-bond acceptors (Lipinski definition) is 6. The summed E-state index contributed by atoms with van der Waals surface area (Å²) in [6.07, 6.45) is 1.78. The van der Waals surface area contributed by atoms with Gasteiger partial charge in [-0.2, -0.15) is 0 Å². The number of thioether (sulfide) groups is 1. The molecule has 0 fully saturated rings. The molecule has 0 saturated carbocycles. The molecule has 1 aliphatic rings. The molecule has 1 aliphatic heterocycles. The zero-order valence-corrected chi connectivity index (χ0v) is 17.8. The number of urea groups is 1. The molecule has 0 spiro atoms. The molecule has 31 heavy (non-hydrogen) atoms. The molecule has 0 bridgehead atoms. The largest absolute Gasteiger partial charge is 0.486 e. The predicted molar refractivity (Wildman–Crippen MR) is 119 cm³/mol. The summed E-state index contributed by atoms with van der Waals surface area (Å²) in [7, 11) is 0. The molecule has 0 aliphatic carbocycles. The summed E-state index contributed by atoms with van der Waals surface area (Å²) in [5, 5.41) is 5.65. The van der Waals surface area contributed by atoms with E-state index in [2.05, 4.69) is 15.6 Å². The van der Waals surface area contributed by atoms with Gasteiger partial charge < -0.3 is 19.4 Å². The van der Waals surface area contributed by atoms with Gasteiger partial charge in [0.15, 0.2) is 16.7 Å². The fourth-order valence-corrected chi connectivity index (χ4v) is 4.03. The first-order valence-corrected chi connectivity index (χ1v) is 10.9. The van der Waals surface area contributed by atoms with E-state index in [4.69, 9.17) is 9.47 Å². The summed E-state index contributed by atoms with van der Waals surface area (Å²) >= 11 is 1.28. The van der Waals surface area contributed by atoms with Gasteiger partial charge in [-0.15, -0.1) is 0 Å². The number of benzene rings is 2. The Morgan fingerprint density at radius 1 is 1.10 bits per heavy atom. The lowest BCUT2D eigenvalue weighted by molar-refractivity contribution is -0.117. The number of fused-ring (bicyclic) bond motifs is 1. The van der Waals surface area contributed by atoms with E-state index < -0.39 is 11.9 Å². The van der Waals surface area contributed by atoms with E-state index in [0.717, 1.165) is 17.0 Å². The quantitative estimate of drug-likeness (QED) is 0.569. The first kappa shape index (κ1) is 20.8. The Kier molecular flexibility index (Phi) is 6.42. The fourth-order valence-electron chi connectivity index (χ4n) is 3.19. The van der Waals surface area contributed by atoms with Crippen molar-refractivity contribution >= 4 is 29.4 Å². The number of imidazole rings is 1. The maximum Gasteiger partial charge on any atom is 0.325 e. The summed E-state index contributed by atoms with van der Waals surface area (Å²) in [5.74, 6) is 1.12. The number of amides is 3. The molecule has 2 heterocycles. The minimum Gasteiger partial charge on any atom is -0.486 e. The van der Waals surface area contributed by atoms with Crippen LogP contribution in [0.25, 0.3) is 11.3 Å². The molecule has 0 unspecified atom stereocenters. The van der Waals surface area contributed by atoms with E-state index >= 15 is 0 Å². The lowest BCUT2D eigenvalue weighted by Crippen LogP contribution is -2.35. The van der Waals surface area contributed by atoms with Crippen LogP contribution in [-0.4, -0.2) is 40.5 Å². The van der Waals surface area contributed by atoms with Gasteiger partial charge in [0.2, 0.25) is 5.91 Å². The predicted octanol–water partition coefficient (Wildman–Crippen LogP) is 3.78. The number of ether oxygens (including phenoxy) is 2. The second kappa shape index (κ2) is 9.57. The molecule has 0 radical (unpaired) electrons. The fraction of sp³-hybridized carbons (Fsp3) is 0.227. The Labute approximate surface area is 184 Å². The van der Waals surface area contributed by atoms with Crippen LogP contribution in [0, 0.1) is 0 Å². The van der Waals surface area contributed by atoms with Crippen molar-refractivity contribution in [2.75, 3.05) is 24.3 Å². The highest BCUT2D eigenvalue weighted by atomic mass is 32.2. The number of para-hydroxylation sites is 1. The summed E-state index contributed by atoms with van der Waals surface area (Å²) in [5.41, 5.74) is 2.49. The summed E-state index contributed by atoms with van der Waals surface area (Å²) in [4.78, 5) is 28.6. The van der Waals surface area contributed by atoms with Crippen LogP contribution < -0.4 is 20.1 Å². The minimum atomic E-state index is -0.562. The van der Waals surface area contributed by atoms with Gasteiger partial charge in [-0.3, -0.25) is 10.1 Å². The van der Waals surface area contributed by atoms with Crippen LogP contribution in [0.15, 0.2) is 59.9 Å². The number of hydrogen-bond donors (Lipinski definition) is 2. The van der Waals surface area contributed by atoms with E-state index in [1.54, 1.807) is 30.5 Å². The number of rotatable bonds is 6. The zero-order valence-electron chi connectivity index (χ0n) is 17.0. The van der Waals surface area contributed by atoms with Gasteiger partial charge in [0.05, 0.1) is 17.6 Å². The van der Waals surface area contributed by atoms with E-state index in [1.165, 1.54) is 11.8 Å². The van der Waals surface area contributed by atoms with Crippen LogP contribution in [0.2, 0.25) is 0 Å². The molecule has 2 N–H and O–H groups in total. The minimum absolute atomic E-state index is 0.0692. The van der Waals surface area contributed by atoms with Gasteiger partial charge in [0, 0.05) is 17.8 Å². The molecule has 160 valence electrons. The van der Waals surface area contributed by atoms with Crippen molar-refractivity contribution in [3.63, 3.8) is 0 Å². The molecular formula is C22H22N4O4S. The highest BCUT2D eigenvalue weighted by Gasteiger charge is 2.17. The standard InChI is InChI=1S/C22H22N4O4S/c1-2-26-17(15-8-9-18-19(12-15)30-11-10-29-18)13-23-22(26)31-14-20(27)25-21(28)24-16-6-4-3-5-7-16/h3-9,12-13H,2,10-11,14H2,1H3,(H2,24,25,27,28). The number of nitrogens with one attached hydrogen (secondary N) is 2. The number of carbonyl (C=O) groups is 2. The molecular weight excluding hydrogens is 416 g/mol. The van der Waals surface area contributed by atoms with Crippen molar-refractivity contribution in [2.24, 2.45) is 0 Å². The topological polar surface area (TPSA) is 94.5 Å². The van der Waals surface area contributed by atoms with E-state index in [-0.39, 0.29) is 5.75 Å². The monoisotopic (exact) mass is 438 g/mol. The maximum atomic E-state index is 12.2. The highest BCUT2D eigenvalue weighted by Crippen LogP contribution is 2.35. The van der Waals surface area contributed by atoms with Crippen molar-refractivity contribution in [1.29, 1.82) is 0 Å². The van der Waals surface area contributed by atoms with Crippen LogP contribution in [0.4, 0.5) is 10.5 Å². The lowest BCUT2D eigenvalue weighted by Gasteiger charge is -2.19. The number of anilines is 1. The highest BCUT2D eigenvalue weighted by molar-refractivity contribution is 7.99. The van der Waals surface area contributed by atoms with Gasteiger partial charge in [-0.25, -0.2) is 9.78 Å². The van der Waals surface area contributed by atoms with Crippen LogP contribution in [-0.2, 0) is 11.3 Å². The van der Waals surface area contributed by atoms with E-state index in [0.29, 0.717) is 36.4 Å². The smallest absolute Gasteiger partial charge is 0.325 e. The Morgan fingerprint density at radius 3 is 2.65 bits per heavy atom. The van der Waals surface area contributed by atoms with Crippen molar-refractivity contribution in [2.45, 2.75) is 18.6 Å². The first-order valence-electron chi connectivity index (χ1n) is 9.88. The third-order valence-electron chi connectivity index (χ3n) is 4.59. The van der Waals surface area contributed by atoms with E-state index in [1.807, 2.05) is 35.8 Å². The normalized spacial score (nSPS) is 12.3. The Bertz CT molecular complexity index is 1080. The van der Waals surface area contributed by atoms with Gasteiger partial charge in [0.1, 0.15) is 13.2 Å². The van der Waals surface area contributed by atoms with Crippen LogP contribution >= 0.6 is 11.8 Å². The molecule has 1 aromatic heterocycles. The summed E-state index contributed by atoms with van der Waals surface area (Å²) in [6, 6.07) is 14.2. The van der Waals surface area contributed by atoms with Gasteiger partial charge in [-0.1, -0.05) is 30.0 Å². The second-order valence-electron chi connectivity index (χ2n) is 6.69. The first-order chi connectivity index (χ1) is 15.1. The molecule has 3 aromatic rings. The summed E-state index contributed by atoms with van der Waals surface area (Å²) < 4.78 is 13.3. The Balaban J connectivity index is 1.39. The van der Waals surface area contributed by atoms with Gasteiger partial charge >= 0.3 is 6.03 Å². The molecule has 0 saturated heterocycles. The average Bonchev–Trinajstić information content (AvgIpc) is 3.21. The van der Waals surface area contributed by atoms with Crippen LogP contribution in [0.1, 0.15) is 6.92 Å². The summed E-state index contributed by atoms with van der Waals surface area (Å²) in [6.45, 7) is 3.77. The third kappa shape index (κ3) is 5.00. The van der Waals surface area contributed by atoms with Gasteiger partial charge in [0.25, 0.3) is 0 Å². The number of aromatic nitrogens is 2. The van der Waals surface area contributed by atoms with Crippen LogP contribution in [0.3, 0.4) is 0 Å². The maximum absolute atomic E-state index is 12.2. The van der Waals surface area contributed by atoms with Gasteiger partial charge in [-0.05, 0) is 37.3 Å². The molecule has 4 rings (SSSR count). The third-order valence-corrected chi connectivity index (χ3v) is 5.58. The zero-order chi connectivity index (χ0) is 21.6. The Hall–Kier alpha value is -3.46. The molecule has 8 nitrogen and oxygen atoms in total. The van der Waals surface area contributed by atoms with Crippen molar-refractivity contribution < 1.29 is 19.1 Å².